The van der Waals surface area contributed by atoms with Crippen molar-refractivity contribution >= 4 is 23.4 Å². The van der Waals surface area contributed by atoms with Crippen molar-refractivity contribution in [2.75, 3.05) is 29.7 Å². The number of aryl methyl sites for hydroxylation is 1. The lowest BCUT2D eigenvalue weighted by Gasteiger charge is -2.37. The van der Waals surface area contributed by atoms with Gasteiger partial charge >= 0.3 is 0 Å². The summed E-state index contributed by atoms with van der Waals surface area (Å²) in [7, 11) is 3.40. The van der Waals surface area contributed by atoms with Crippen LogP contribution in [0.2, 0.25) is 0 Å². The van der Waals surface area contributed by atoms with Gasteiger partial charge in [0.15, 0.2) is 5.82 Å². The highest BCUT2D eigenvalue weighted by atomic mass is 19.1. The van der Waals surface area contributed by atoms with Gasteiger partial charge in [0.25, 0.3) is 0 Å². The molecular formula is C22H26FN7O2. The van der Waals surface area contributed by atoms with Crippen molar-refractivity contribution in [3.05, 3.63) is 59.3 Å². The fourth-order valence-corrected chi connectivity index (χ4v) is 3.79. The third kappa shape index (κ3) is 4.40. The summed E-state index contributed by atoms with van der Waals surface area (Å²) < 4.78 is 20.5. The Kier molecular flexibility index (Phi) is 6.04. The molecule has 9 nitrogen and oxygen atoms in total. The largest absolute Gasteiger partial charge is 0.379 e. The first-order chi connectivity index (χ1) is 15.4. The second-order valence-corrected chi connectivity index (χ2v) is 7.85. The first-order valence-electron chi connectivity index (χ1n) is 10.3. The van der Waals surface area contributed by atoms with E-state index in [4.69, 9.17) is 4.74 Å². The van der Waals surface area contributed by atoms with Gasteiger partial charge in [0.05, 0.1) is 24.5 Å². The Labute approximate surface area is 185 Å². The van der Waals surface area contributed by atoms with Crippen molar-refractivity contribution in [2.24, 2.45) is 0 Å². The molecule has 10 heteroatoms. The van der Waals surface area contributed by atoms with Crippen LogP contribution >= 0.6 is 0 Å². The van der Waals surface area contributed by atoms with Crippen LogP contribution in [0.15, 0.2) is 36.7 Å². The number of nitrogens with one attached hydrogen (secondary N) is 2. The van der Waals surface area contributed by atoms with Crippen LogP contribution in [0.3, 0.4) is 0 Å². The van der Waals surface area contributed by atoms with E-state index in [1.54, 1.807) is 24.1 Å². The number of methoxy groups -OCH3 is 1. The molecule has 1 amide bonds. The molecule has 3 aromatic rings. The number of benzene rings is 1. The van der Waals surface area contributed by atoms with Crippen molar-refractivity contribution in [2.45, 2.75) is 39.1 Å². The normalized spacial score (nSPS) is 16.5. The number of aromatic nitrogens is 4. The summed E-state index contributed by atoms with van der Waals surface area (Å²) in [6, 6.07) is 5.97. The van der Waals surface area contributed by atoms with Crippen molar-refractivity contribution < 1.29 is 13.9 Å². The number of ether oxygens (including phenoxy) is 1. The van der Waals surface area contributed by atoms with E-state index in [0.717, 1.165) is 11.1 Å². The minimum Gasteiger partial charge on any atom is -0.379 e. The maximum absolute atomic E-state index is 13.4. The number of amides is 1. The molecule has 1 aliphatic heterocycles. The molecule has 0 bridgehead atoms. The van der Waals surface area contributed by atoms with E-state index in [9.17, 15) is 9.18 Å². The van der Waals surface area contributed by atoms with Gasteiger partial charge in [-0.3, -0.25) is 9.48 Å². The Hall–Kier alpha value is -3.53. The van der Waals surface area contributed by atoms with Crippen molar-refractivity contribution in [1.29, 1.82) is 0 Å². The maximum Gasteiger partial charge on any atom is 0.249 e. The van der Waals surface area contributed by atoms with Gasteiger partial charge < -0.3 is 20.3 Å². The first kappa shape index (κ1) is 21.7. The van der Waals surface area contributed by atoms with Gasteiger partial charge in [-0.25, -0.2) is 9.37 Å². The maximum atomic E-state index is 13.4. The van der Waals surface area contributed by atoms with E-state index < -0.39 is 6.04 Å². The van der Waals surface area contributed by atoms with Gasteiger partial charge in [-0.05, 0) is 31.5 Å². The Morgan fingerprint density at radius 1 is 1.31 bits per heavy atom. The molecule has 0 fully saturated rings. The Morgan fingerprint density at radius 3 is 2.88 bits per heavy atom. The quantitative estimate of drug-likeness (QED) is 0.584. The molecule has 4 rings (SSSR count). The molecule has 2 atom stereocenters. The summed E-state index contributed by atoms with van der Waals surface area (Å²) in [6.45, 7) is 4.63. The number of anilines is 3. The fourth-order valence-electron chi connectivity index (χ4n) is 3.79. The number of likely N-dealkylation sites (N-methyl/N-ethyl adjacent to an activating group) is 1. The third-order valence-electron chi connectivity index (χ3n) is 5.53. The molecule has 1 aliphatic rings. The summed E-state index contributed by atoms with van der Waals surface area (Å²) in [5.41, 5.74) is 3.05. The number of hydrogen-bond acceptors (Lipinski definition) is 7. The van der Waals surface area contributed by atoms with E-state index >= 15 is 0 Å². The van der Waals surface area contributed by atoms with Crippen molar-refractivity contribution in [3.63, 3.8) is 0 Å². The molecule has 2 N–H and O–H groups in total. The highest BCUT2D eigenvalue weighted by Gasteiger charge is 2.37. The molecule has 168 valence electrons. The molecule has 3 heterocycles. The zero-order valence-corrected chi connectivity index (χ0v) is 18.5. The lowest BCUT2D eigenvalue weighted by molar-refractivity contribution is -0.120. The number of nitrogens with zero attached hydrogens (tertiary/aromatic N) is 5. The fraction of sp³-hybridized carbons (Fsp3) is 0.364. The van der Waals surface area contributed by atoms with Gasteiger partial charge in [0.1, 0.15) is 17.5 Å². The number of fused-ring (bicyclic) bond motifs is 1. The zero-order chi connectivity index (χ0) is 22.8. The highest BCUT2D eigenvalue weighted by molar-refractivity contribution is 6.03. The number of carbonyl (C=O) groups is 1. The number of rotatable bonds is 7. The SMILES string of the molecule is CO[C@H](C)[C@H]1C(=O)Nc2c(C)nc(NCc3cnn(Cc4cccc(F)c4)c3)nc2N1C. The van der Waals surface area contributed by atoms with Crippen LogP contribution in [-0.4, -0.2) is 52.0 Å². The predicted molar refractivity (Wildman–Crippen MR) is 119 cm³/mol. The summed E-state index contributed by atoms with van der Waals surface area (Å²) in [4.78, 5) is 23.5. The predicted octanol–water partition coefficient (Wildman–Crippen LogP) is 2.57. The standard InChI is InChI=1S/C22H26FN7O2/c1-13-18-20(29(3)19(14(2)32-4)21(31)27-18)28-22(26-13)24-9-16-10-25-30(12-16)11-15-6-5-7-17(23)8-15/h5-8,10,12,14,19H,9,11H2,1-4H3,(H,27,31)(H,24,26,28)/t14-,19+/m1/s1. The van der Waals surface area contributed by atoms with Crippen molar-refractivity contribution in [1.82, 2.24) is 19.7 Å². The molecule has 0 saturated carbocycles. The van der Waals surface area contributed by atoms with E-state index in [2.05, 4.69) is 25.7 Å². The summed E-state index contributed by atoms with van der Waals surface area (Å²) in [5, 5.41) is 10.5. The summed E-state index contributed by atoms with van der Waals surface area (Å²) in [5.74, 6) is 0.675. The molecule has 0 aliphatic carbocycles. The number of hydrogen-bond donors (Lipinski definition) is 2. The zero-order valence-electron chi connectivity index (χ0n) is 18.5. The Bertz CT molecular complexity index is 1130. The van der Waals surface area contributed by atoms with Crippen molar-refractivity contribution in [3.8, 4) is 0 Å². The third-order valence-corrected chi connectivity index (χ3v) is 5.53. The minimum absolute atomic E-state index is 0.146. The van der Waals surface area contributed by atoms with Crippen LogP contribution in [-0.2, 0) is 22.6 Å². The van der Waals surface area contributed by atoms with Crippen LogP contribution < -0.4 is 15.5 Å². The van der Waals surface area contributed by atoms with Gasteiger partial charge in [-0.15, -0.1) is 0 Å². The molecule has 0 spiro atoms. The molecular weight excluding hydrogens is 413 g/mol. The van der Waals surface area contributed by atoms with Crippen LogP contribution in [0.5, 0.6) is 0 Å². The van der Waals surface area contributed by atoms with E-state index in [1.807, 2.05) is 38.1 Å². The molecule has 0 unspecified atom stereocenters. The van der Waals surface area contributed by atoms with E-state index in [-0.39, 0.29) is 17.8 Å². The lowest BCUT2D eigenvalue weighted by atomic mass is 10.1. The summed E-state index contributed by atoms with van der Waals surface area (Å²) in [6.07, 6.45) is 3.34. The molecule has 1 aromatic carbocycles. The van der Waals surface area contributed by atoms with E-state index in [1.165, 1.54) is 12.1 Å². The van der Waals surface area contributed by atoms with Gasteiger partial charge in [0, 0.05) is 32.5 Å². The highest BCUT2D eigenvalue weighted by Crippen LogP contribution is 2.33. The molecule has 2 aromatic heterocycles. The van der Waals surface area contributed by atoms with Crippen LogP contribution in [0.25, 0.3) is 0 Å². The second kappa shape index (κ2) is 8.91. The minimum atomic E-state index is -0.490. The lowest BCUT2D eigenvalue weighted by Crippen LogP contribution is -2.53. The average Bonchev–Trinajstić information content (AvgIpc) is 3.20. The molecule has 0 radical (unpaired) electrons. The second-order valence-electron chi connectivity index (χ2n) is 7.85. The molecule has 0 saturated heterocycles. The average molecular weight is 439 g/mol. The Balaban J connectivity index is 1.47. The number of carbonyl (C=O) groups excluding carboxylic acids is 1. The smallest absolute Gasteiger partial charge is 0.249 e. The van der Waals surface area contributed by atoms with E-state index in [0.29, 0.717) is 36.2 Å². The Morgan fingerprint density at radius 2 is 2.12 bits per heavy atom. The first-order valence-corrected chi connectivity index (χ1v) is 10.3. The van der Waals surface area contributed by atoms with Gasteiger partial charge in [-0.1, -0.05) is 12.1 Å². The summed E-state index contributed by atoms with van der Waals surface area (Å²) >= 11 is 0. The topological polar surface area (TPSA) is 97.2 Å². The van der Waals surface area contributed by atoms with Crippen LogP contribution in [0.4, 0.5) is 21.8 Å². The van der Waals surface area contributed by atoms with Crippen LogP contribution in [0, 0.1) is 12.7 Å². The molecule has 32 heavy (non-hydrogen) atoms. The van der Waals surface area contributed by atoms with Gasteiger partial charge in [-0.2, -0.15) is 10.1 Å². The number of halogens is 1. The monoisotopic (exact) mass is 439 g/mol. The van der Waals surface area contributed by atoms with Gasteiger partial charge in [0.2, 0.25) is 11.9 Å². The van der Waals surface area contributed by atoms with Crippen LogP contribution in [0.1, 0.15) is 23.7 Å².